The Hall–Kier alpha value is -2.03. The molecule has 31 heavy (non-hydrogen) atoms. The van der Waals surface area contributed by atoms with Gasteiger partial charge in [0.1, 0.15) is 5.60 Å². The van der Waals surface area contributed by atoms with Gasteiger partial charge in [-0.15, -0.1) is 5.06 Å². The second-order valence-corrected chi connectivity index (χ2v) is 15.1. The predicted molar refractivity (Wildman–Crippen MR) is 120 cm³/mol. The van der Waals surface area contributed by atoms with Gasteiger partial charge in [-0.25, -0.2) is 9.63 Å². The minimum atomic E-state index is -1.92. The highest BCUT2D eigenvalue weighted by Crippen LogP contribution is 2.36. The fraction of sp³-hybridized carbons (Fsp3) is 0.609. The number of hydroxylamine groups is 2. The summed E-state index contributed by atoms with van der Waals surface area (Å²) in [7, 11) is -1.92. The standard InChI is InChI=1S/C23H35NO6Si/c1-22(2,3)29-21(27)18(14-11-15-28-31(7,8)23(4,5)6)30-24-19(25)16-12-9-10-13-17(16)20(24)26/h9-10,12-13,18H,11,14-15H2,1-8H3/t18-/m1/s1. The van der Waals surface area contributed by atoms with Crippen LogP contribution in [0.2, 0.25) is 18.1 Å². The van der Waals surface area contributed by atoms with Crippen molar-refractivity contribution in [1.82, 2.24) is 5.06 Å². The van der Waals surface area contributed by atoms with Crippen molar-refractivity contribution in [1.29, 1.82) is 0 Å². The Morgan fingerprint density at radius 2 is 1.52 bits per heavy atom. The molecule has 2 amide bonds. The molecule has 0 aromatic heterocycles. The highest BCUT2D eigenvalue weighted by atomic mass is 28.4. The summed E-state index contributed by atoms with van der Waals surface area (Å²) in [5, 5.41) is 0.752. The molecule has 172 valence electrons. The van der Waals surface area contributed by atoms with Gasteiger partial charge in [0, 0.05) is 6.61 Å². The van der Waals surface area contributed by atoms with Crippen molar-refractivity contribution in [3.63, 3.8) is 0 Å². The van der Waals surface area contributed by atoms with Crippen molar-refractivity contribution in [3.05, 3.63) is 35.4 Å². The molecule has 0 fully saturated rings. The Kier molecular flexibility index (Phi) is 7.50. The van der Waals surface area contributed by atoms with E-state index in [0.29, 0.717) is 18.1 Å². The number of ether oxygens (including phenoxy) is 1. The molecular weight excluding hydrogens is 414 g/mol. The topological polar surface area (TPSA) is 82.1 Å². The van der Waals surface area contributed by atoms with Gasteiger partial charge in [0.2, 0.25) is 0 Å². The summed E-state index contributed by atoms with van der Waals surface area (Å²) in [6.07, 6.45) is -0.305. The maximum absolute atomic E-state index is 12.8. The smallest absolute Gasteiger partial charge is 0.338 e. The summed E-state index contributed by atoms with van der Waals surface area (Å²) < 4.78 is 11.6. The van der Waals surface area contributed by atoms with Crippen LogP contribution in [0.5, 0.6) is 0 Å². The first-order valence-electron chi connectivity index (χ1n) is 10.7. The van der Waals surface area contributed by atoms with Crippen molar-refractivity contribution in [2.45, 2.75) is 84.2 Å². The number of hydrogen-bond donors (Lipinski definition) is 0. The second-order valence-electron chi connectivity index (χ2n) is 10.3. The molecule has 1 atom stereocenters. The molecule has 0 bridgehead atoms. The van der Waals surface area contributed by atoms with Gasteiger partial charge in [-0.05, 0) is 63.9 Å². The van der Waals surface area contributed by atoms with E-state index < -0.39 is 37.8 Å². The summed E-state index contributed by atoms with van der Waals surface area (Å²) in [6, 6.07) is 6.48. The molecule has 0 unspecified atom stereocenters. The van der Waals surface area contributed by atoms with Gasteiger partial charge in [-0.3, -0.25) is 9.59 Å². The predicted octanol–water partition coefficient (Wildman–Crippen LogP) is 4.73. The summed E-state index contributed by atoms with van der Waals surface area (Å²) in [6.45, 7) is 16.5. The van der Waals surface area contributed by atoms with Crippen molar-refractivity contribution >= 4 is 26.1 Å². The number of amides is 2. The molecule has 0 saturated carbocycles. The van der Waals surface area contributed by atoms with E-state index in [2.05, 4.69) is 33.9 Å². The van der Waals surface area contributed by atoms with Gasteiger partial charge in [-0.1, -0.05) is 32.9 Å². The molecule has 0 N–H and O–H groups in total. The minimum Gasteiger partial charge on any atom is -0.458 e. The molecular formula is C23H35NO6Si. The van der Waals surface area contributed by atoms with Crippen molar-refractivity contribution in [2.24, 2.45) is 0 Å². The number of nitrogens with zero attached hydrogens (tertiary/aromatic N) is 1. The molecule has 0 aliphatic carbocycles. The van der Waals surface area contributed by atoms with Crippen LogP contribution in [0.3, 0.4) is 0 Å². The van der Waals surface area contributed by atoms with Crippen LogP contribution in [0.15, 0.2) is 24.3 Å². The zero-order valence-corrected chi connectivity index (χ0v) is 20.9. The number of esters is 1. The number of hydrogen-bond acceptors (Lipinski definition) is 6. The van der Waals surface area contributed by atoms with Crippen LogP contribution >= 0.6 is 0 Å². The molecule has 0 spiro atoms. The van der Waals surface area contributed by atoms with Gasteiger partial charge in [0.15, 0.2) is 14.4 Å². The van der Waals surface area contributed by atoms with E-state index >= 15 is 0 Å². The third-order valence-corrected chi connectivity index (χ3v) is 10.1. The number of carbonyl (C=O) groups is 3. The molecule has 1 aromatic carbocycles. The number of carbonyl (C=O) groups excluding carboxylic acids is 3. The van der Waals surface area contributed by atoms with E-state index in [1.165, 1.54) is 0 Å². The fourth-order valence-corrected chi connectivity index (χ4v) is 3.87. The zero-order chi connectivity index (χ0) is 23.6. The van der Waals surface area contributed by atoms with Crippen molar-refractivity contribution < 1.29 is 28.4 Å². The molecule has 2 rings (SSSR count). The first-order valence-corrected chi connectivity index (χ1v) is 13.6. The number of benzene rings is 1. The summed E-state index contributed by atoms with van der Waals surface area (Å²) in [5.74, 6) is -1.77. The normalized spacial score (nSPS) is 15.8. The van der Waals surface area contributed by atoms with Crippen LogP contribution < -0.4 is 0 Å². The SMILES string of the molecule is CC(C)(C)OC(=O)[C@@H](CCCO[Si](C)(C)C(C)(C)C)ON1C(=O)c2ccccc2C1=O. The van der Waals surface area contributed by atoms with Crippen LogP contribution in [0.4, 0.5) is 0 Å². The Labute approximate surface area is 186 Å². The maximum atomic E-state index is 12.8. The van der Waals surface area contributed by atoms with E-state index in [1.807, 2.05) is 0 Å². The monoisotopic (exact) mass is 449 g/mol. The Morgan fingerprint density at radius 3 is 1.97 bits per heavy atom. The van der Waals surface area contributed by atoms with E-state index in [9.17, 15) is 14.4 Å². The minimum absolute atomic E-state index is 0.0776. The number of rotatable bonds is 8. The maximum Gasteiger partial charge on any atom is 0.338 e. The number of imide groups is 1. The Bertz CT molecular complexity index is 802. The van der Waals surface area contributed by atoms with Crippen LogP contribution in [-0.4, -0.2) is 49.5 Å². The first-order chi connectivity index (χ1) is 14.1. The molecule has 8 heteroatoms. The summed E-state index contributed by atoms with van der Waals surface area (Å²) in [4.78, 5) is 43.7. The molecule has 0 saturated heterocycles. The highest BCUT2D eigenvalue weighted by Gasteiger charge is 2.41. The van der Waals surface area contributed by atoms with Gasteiger partial charge in [0.25, 0.3) is 11.8 Å². The van der Waals surface area contributed by atoms with Gasteiger partial charge in [0.05, 0.1) is 11.1 Å². The van der Waals surface area contributed by atoms with Crippen LogP contribution in [0.25, 0.3) is 0 Å². The van der Waals surface area contributed by atoms with Gasteiger partial charge >= 0.3 is 5.97 Å². The molecule has 7 nitrogen and oxygen atoms in total. The lowest BCUT2D eigenvalue weighted by molar-refractivity contribution is -0.190. The lowest BCUT2D eigenvalue weighted by Crippen LogP contribution is -2.42. The largest absolute Gasteiger partial charge is 0.458 e. The first kappa shape index (κ1) is 25.2. The second kappa shape index (κ2) is 9.22. The Balaban J connectivity index is 2.09. The third kappa shape index (κ3) is 6.24. The molecule has 1 aliphatic heterocycles. The fourth-order valence-electron chi connectivity index (χ4n) is 2.78. The quantitative estimate of drug-likeness (QED) is 0.247. The summed E-state index contributed by atoms with van der Waals surface area (Å²) >= 11 is 0. The van der Waals surface area contributed by atoms with Crippen LogP contribution in [0, 0.1) is 0 Å². The molecule has 1 aromatic rings. The lowest BCUT2D eigenvalue weighted by atomic mass is 10.1. The Morgan fingerprint density at radius 1 is 1.00 bits per heavy atom. The average Bonchev–Trinajstić information content (AvgIpc) is 2.86. The molecule has 0 radical (unpaired) electrons. The zero-order valence-electron chi connectivity index (χ0n) is 19.9. The molecule has 1 aliphatic rings. The van der Waals surface area contributed by atoms with E-state index in [-0.39, 0.29) is 22.6 Å². The highest BCUT2D eigenvalue weighted by molar-refractivity contribution is 6.74. The van der Waals surface area contributed by atoms with E-state index in [1.54, 1.807) is 45.0 Å². The summed E-state index contributed by atoms with van der Waals surface area (Å²) in [5.41, 5.74) is -0.202. The van der Waals surface area contributed by atoms with Crippen molar-refractivity contribution in [2.75, 3.05) is 6.61 Å². The van der Waals surface area contributed by atoms with E-state index in [0.717, 1.165) is 0 Å². The lowest BCUT2D eigenvalue weighted by Gasteiger charge is -2.36. The third-order valence-electron chi connectivity index (χ3n) is 5.54. The average molecular weight is 450 g/mol. The van der Waals surface area contributed by atoms with Crippen LogP contribution in [-0.2, 0) is 18.8 Å². The molecule has 1 heterocycles. The number of fused-ring (bicyclic) bond motifs is 1. The van der Waals surface area contributed by atoms with Gasteiger partial charge < -0.3 is 9.16 Å². The van der Waals surface area contributed by atoms with Crippen LogP contribution in [0.1, 0.15) is 75.1 Å². The van der Waals surface area contributed by atoms with Crippen molar-refractivity contribution in [3.8, 4) is 0 Å². The van der Waals surface area contributed by atoms with E-state index in [4.69, 9.17) is 14.0 Å². The van der Waals surface area contributed by atoms with Gasteiger partial charge in [-0.2, -0.15) is 0 Å².